The van der Waals surface area contributed by atoms with E-state index in [2.05, 4.69) is 15.9 Å². The van der Waals surface area contributed by atoms with Crippen LogP contribution in [0.2, 0.25) is 0 Å². The molecule has 0 atom stereocenters. The number of carbonyl (C=O) groups is 1. The number of nitrogens with zero attached hydrogens (tertiary/aromatic N) is 1. The number of fused-ring (bicyclic) bond motifs is 1. The molecule has 0 radical (unpaired) electrons. The van der Waals surface area contributed by atoms with Gasteiger partial charge in [0.15, 0.2) is 0 Å². The van der Waals surface area contributed by atoms with Crippen LogP contribution in [0.15, 0.2) is 34.1 Å². The molecule has 3 nitrogen and oxygen atoms in total. The van der Waals surface area contributed by atoms with E-state index in [9.17, 15) is 4.79 Å². The minimum Gasteiger partial charge on any atom is -0.399 e. The lowest BCUT2D eigenvalue weighted by molar-refractivity contribution is 0.0768. The first kappa shape index (κ1) is 11.7. The Balaban J connectivity index is 1.87. The predicted octanol–water partition coefficient (Wildman–Crippen LogP) is 3.25. The number of hydrogen-bond donors (Lipinski definition) is 1. The second kappa shape index (κ2) is 4.40. The van der Waals surface area contributed by atoms with Crippen LogP contribution in [0.5, 0.6) is 0 Å². The van der Waals surface area contributed by atoms with Gasteiger partial charge in [0.1, 0.15) is 0 Å². The number of nitrogen functional groups attached to an aromatic ring is 1. The number of rotatable bonds is 2. The molecular formula is C13H11BrN2OS. The number of anilines is 1. The van der Waals surface area contributed by atoms with E-state index in [4.69, 9.17) is 5.73 Å². The molecule has 18 heavy (non-hydrogen) atoms. The van der Waals surface area contributed by atoms with Crippen molar-refractivity contribution >= 4 is 38.9 Å². The number of hydrogen-bond acceptors (Lipinski definition) is 3. The fraction of sp³-hybridized carbons (Fsp3) is 0.154. The number of amides is 1. The van der Waals surface area contributed by atoms with Gasteiger partial charge < -0.3 is 10.6 Å². The maximum atomic E-state index is 12.2. The van der Waals surface area contributed by atoms with Gasteiger partial charge in [-0.2, -0.15) is 0 Å². The Morgan fingerprint density at radius 2 is 2.22 bits per heavy atom. The molecule has 1 aromatic carbocycles. The third-order valence-electron chi connectivity index (χ3n) is 3.04. The Hall–Kier alpha value is -1.33. The van der Waals surface area contributed by atoms with Crippen molar-refractivity contribution in [2.45, 2.75) is 13.1 Å². The van der Waals surface area contributed by atoms with Gasteiger partial charge in [-0.05, 0) is 45.1 Å². The summed E-state index contributed by atoms with van der Waals surface area (Å²) in [6.45, 7) is 1.31. The fourth-order valence-corrected chi connectivity index (χ4v) is 3.61. The molecule has 1 amide bonds. The van der Waals surface area contributed by atoms with E-state index in [0.717, 1.165) is 15.6 Å². The van der Waals surface area contributed by atoms with Crippen LogP contribution in [-0.2, 0) is 13.1 Å². The number of benzene rings is 1. The van der Waals surface area contributed by atoms with E-state index in [1.807, 2.05) is 28.5 Å². The van der Waals surface area contributed by atoms with Crippen molar-refractivity contribution in [2.75, 3.05) is 5.73 Å². The van der Waals surface area contributed by atoms with Crippen LogP contribution in [0.4, 0.5) is 5.69 Å². The molecule has 0 fully saturated rings. The largest absolute Gasteiger partial charge is 0.399 e. The highest BCUT2D eigenvalue weighted by molar-refractivity contribution is 9.10. The molecule has 1 aliphatic heterocycles. The average molecular weight is 323 g/mol. The first-order valence-electron chi connectivity index (χ1n) is 5.54. The van der Waals surface area contributed by atoms with Crippen LogP contribution < -0.4 is 5.73 Å². The zero-order valence-electron chi connectivity index (χ0n) is 9.52. The Labute approximate surface area is 117 Å². The Morgan fingerprint density at radius 1 is 1.39 bits per heavy atom. The first-order chi connectivity index (χ1) is 8.65. The number of thiophene rings is 1. The van der Waals surface area contributed by atoms with Crippen LogP contribution in [0.25, 0.3) is 0 Å². The molecule has 92 valence electrons. The highest BCUT2D eigenvalue weighted by atomic mass is 79.9. The number of nitrogens with two attached hydrogens (primary N) is 1. The van der Waals surface area contributed by atoms with E-state index in [-0.39, 0.29) is 5.91 Å². The van der Waals surface area contributed by atoms with Gasteiger partial charge in [0.25, 0.3) is 5.91 Å². The van der Waals surface area contributed by atoms with Gasteiger partial charge in [-0.1, -0.05) is 6.07 Å². The zero-order chi connectivity index (χ0) is 12.7. The summed E-state index contributed by atoms with van der Waals surface area (Å²) >= 11 is 5.15. The summed E-state index contributed by atoms with van der Waals surface area (Å²) in [6, 6.07) is 7.55. The van der Waals surface area contributed by atoms with Gasteiger partial charge in [-0.25, -0.2) is 0 Å². The smallest absolute Gasteiger partial charge is 0.254 e. The lowest BCUT2D eigenvalue weighted by atomic mass is 10.1. The summed E-state index contributed by atoms with van der Waals surface area (Å²) < 4.78 is 1.07. The molecule has 0 aliphatic carbocycles. The standard InChI is InChI=1S/C13H11BrN2OS/c14-11-3-4-18-12(11)7-16-6-8-1-2-9(15)5-10(8)13(16)17/h1-5H,6-7,15H2. The maximum absolute atomic E-state index is 12.2. The maximum Gasteiger partial charge on any atom is 0.254 e. The minimum atomic E-state index is 0.0672. The summed E-state index contributed by atoms with van der Waals surface area (Å²) in [4.78, 5) is 15.3. The van der Waals surface area contributed by atoms with Crippen molar-refractivity contribution in [3.8, 4) is 0 Å². The van der Waals surface area contributed by atoms with Crippen molar-refractivity contribution in [2.24, 2.45) is 0 Å². The third-order valence-corrected chi connectivity index (χ3v) is 4.95. The Kier molecular flexibility index (Phi) is 2.87. The predicted molar refractivity (Wildman–Crippen MR) is 76.5 cm³/mol. The molecule has 2 heterocycles. The lowest BCUT2D eigenvalue weighted by Crippen LogP contribution is -2.22. The zero-order valence-corrected chi connectivity index (χ0v) is 11.9. The average Bonchev–Trinajstić information content (AvgIpc) is 2.87. The van der Waals surface area contributed by atoms with Crippen molar-refractivity contribution in [3.63, 3.8) is 0 Å². The van der Waals surface area contributed by atoms with Gasteiger partial charge in [0.05, 0.1) is 6.54 Å². The van der Waals surface area contributed by atoms with E-state index >= 15 is 0 Å². The molecule has 0 bridgehead atoms. The highest BCUT2D eigenvalue weighted by Crippen LogP contribution is 2.30. The summed E-state index contributed by atoms with van der Waals surface area (Å²) in [5.74, 6) is 0.0672. The van der Waals surface area contributed by atoms with E-state index in [0.29, 0.717) is 18.8 Å². The summed E-state index contributed by atoms with van der Waals surface area (Å²) in [5, 5.41) is 2.02. The quantitative estimate of drug-likeness (QED) is 0.863. The molecule has 0 saturated heterocycles. The van der Waals surface area contributed by atoms with Gasteiger partial charge in [0.2, 0.25) is 0 Å². The van der Waals surface area contributed by atoms with Crippen molar-refractivity contribution < 1.29 is 4.79 Å². The summed E-state index contributed by atoms with van der Waals surface area (Å²) in [7, 11) is 0. The lowest BCUT2D eigenvalue weighted by Gasteiger charge is -2.14. The monoisotopic (exact) mass is 322 g/mol. The SMILES string of the molecule is Nc1ccc2c(c1)C(=O)N(Cc1sccc1Br)C2. The van der Waals surface area contributed by atoms with Gasteiger partial charge in [-0.15, -0.1) is 11.3 Å². The Morgan fingerprint density at radius 3 is 2.94 bits per heavy atom. The number of carbonyl (C=O) groups excluding carboxylic acids is 1. The molecule has 1 aliphatic rings. The molecule has 2 aromatic rings. The fourth-order valence-electron chi connectivity index (χ4n) is 2.12. The van der Waals surface area contributed by atoms with E-state index in [1.165, 1.54) is 4.88 Å². The van der Waals surface area contributed by atoms with E-state index < -0.39 is 0 Å². The van der Waals surface area contributed by atoms with E-state index in [1.54, 1.807) is 17.4 Å². The topological polar surface area (TPSA) is 46.3 Å². The molecule has 0 unspecified atom stereocenters. The van der Waals surface area contributed by atoms with Crippen LogP contribution in [-0.4, -0.2) is 10.8 Å². The van der Waals surface area contributed by atoms with Crippen LogP contribution in [0.3, 0.4) is 0 Å². The van der Waals surface area contributed by atoms with Crippen LogP contribution in [0, 0.1) is 0 Å². The molecule has 0 spiro atoms. The Bertz CT molecular complexity index is 623. The van der Waals surface area contributed by atoms with Crippen LogP contribution in [0.1, 0.15) is 20.8 Å². The summed E-state index contributed by atoms with van der Waals surface area (Å²) in [6.07, 6.45) is 0. The van der Waals surface area contributed by atoms with Gasteiger partial charge in [0, 0.05) is 27.1 Å². The second-order valence-corrected chi connectivity index (χ2v) is 6.12. The first-order valence-corrected chi connectivity index (χ1v) is 7.22. The summed E-state index contributed by atoms with van der Waals surface area (Å²) in [5.41, 5.74) is 8.16. The molecule has 3 rings (SSSR count). The second-order valence-electron chi connectivity index (χ2n) is 4.27. The van der Waals surface area contributed by atoms with Crippen molar-refractivity contribution in [3.05, 3.63) is 50.1 Å². The molecule has 5 heteroatoms. The third kappa shape index (κ3) is 1.93. The van der Waals surface area contributed by atoms with Crippen molar-refractivity contribution in [1.82, 2.24) is 4.90 Å². The van der Waals surface area contributed by atoms with Gasteiger partial charge in [-0.3, -0.25) is 4.79 Å². The highest BCUT2D eigenvalue weighted by Gasteiger charge is 2.27. The van der Waals surface area contributed by atoms with Gasteiger partial charge >= 0.3 is 0 Å². The normalized spacial score (nSPS) is 14.1. The molecular weight excluding hydrogens is 312 g/mol. The molecule has 2 N–H and O–H groups in total. The molecule has 1 aromatic heterocycles. The number of halogens is 1. The van der Waals surface area contributed by atoms with Crippen molar-refractivity contribution in [1.29, 1.82) is 0 Å². The van der Waals surface area contributed by atoms with Crippen LogP contribution >= 0.6 is 27.3 Å². The minimum absolute atomic E-state index is 0.0672. The molecule has 0 saturated carbocycles.